The molecule has 1 nitrogen and oxygen atoms in total. The van der Waals surface area contributed by atoms with Crippen LogP contribution in [0.15, 0.2) is 10.7 Å². The van der Waals surface area contributed by atoms with Crippen LogP contribution < -0.4 is 0 Å². The summed E-state index contributed by atoms with van der Waals surface area (Å²) < 4.78 is 24.9. The maximum atomic E-state index is 12.3. The second kappa shape index (κ2) is 4.66. The van der Waals surface area contributed by atoms with E-state index in [2.05, 4.69) is 36.8 Å². The zero-order valence-corrected chi connectivity index (χ0v) is 10.1. The zero-order chi connectivity index (χ0) is 10.0. The normalized spacial score (nSPS) is 10.9. The molecule has 0 aliphatic carbocycles. The SMILES string of the molecule is FC(F)c1ncc(Cl)c(CBr)c1Br. The molecule has 0 unspecified atom stereocenters. The predicted molar refractivity (Wildman–Crippen MR) is 54.5 cm³/mol. The fourth-order valence-electron chi connectivity index (χ4n) is 0.795. The molecule has 1 heterocycles. The van der Waals surface area contributed by atoms with Crippen molar-refractivity contribution in [3.05, 3.63) is 26.9 Å². The van der Waals surface area contributed by atoms with Crippen molar-refractivity contribution < 1.29 is 8.78 Å². The van der Waals surface area contributed by atoms with E-state index in [1.165, 1.54) is 6.20 Å². The van der Waals surface area contributed by atoms with Crippen molar-refractivity contribution in [2.24, 2.45) is 0 Å². The van der Waals surface area contributed by atoms with Gasteiger partial charge in [-0.05, 0) is 21.5 Å². The van der Waals surface area contributed by atoms with Crippen LogP contribution >= 0.6 is 43.5 Å². The average Bonchev–Trinajstić information content (AvgIpc) is 2.04. The van der Waals surface area contributed by atoms with Gasteiger partial charge in [-0.3, -0.25) is 4.98 Å². The summed E-state index contributed by atoms with van der Waals surface area (Å²) in [5, 5.41) is 0.780. The van der Waals surface area contributed by atoms with Crippen molar-refractivity contribution in [1.82, 2.24) is 4.98 Å². The van der Waals surface area contributed by atoms with Crippen LogP contribution in [0.2, 0.25) is 5.02 Å². The van der Waals surface area contributed by atoms with E-state index in [0.717, 1.165) is 0 Å². The number of aromatic nitrogens is 1. The van der Waals surface area contributed by atoms with Gasteiger partial charge in [0.1, 0.15) is 5.69 Å². The minimum Gasteiger partial charge on any atom is -0.253 e. The first-order chi connectivity index (χ1) is 6.07. The van der Waals surface area contributed by atoms with Gasteiger partial charge in [-0.15, -0.1) is 0 Å². The molecule has 0 atom stereocenters. The molecule has 0 radical (unpaired) electrons. The molecular formula is C7H4Br2ClF2N. The minimum absolute atomic E-state index is 0.270. The highest BCUT2D eigenvalue weighted by atomic mass is 79.9. The first-order valence-corrected chi connectivity index (χ1v) is 5.54. The Labute approximate surface area is 95.8 Å². The lowest BCUT2D eigenvalue weighted by molar-refractivity contribution is 0.145. The number of rotatable bonds is 2. The first kappa shape index (κ1) is 11.3. The Kier molecular flexibility index (Phi) is 4.06. The van der Waals surface area contributed by atoms with Crippen molar-refractivity contribution in [1.29, 1.82) is 0 Å². The number of nitrogens with zero attached hydrogens (tertiary/aromatic N) is 1. The minimum atomic E-state index is -2.59. The Morgan fingerprint density at radius 2 is 2.15 bits per heavy atom. The van der Waals surface area contributed by atoms with Crippen LogP contribution in [0.1, 0.15) is 17.7 Å². The van der Waals surface area contributed by atoms with Crippen LogP contribution in [0.3, 0.4) is 0 Å². The van der Waals surface area contributed by atoms with Crippen LogP contribution in [0.25, 0.3) is 0 Å². The molecule has 0 spiro atoms. The van der Waals surface area contributed by atoms with E-state index in [1.54, 1.807) is 0 Å². The Balaban J connectivity index is 3.27. The van der Waals surface area contributed by atoms with Crippen LogP contribution in [0.4, 0.5) is 8.78 Å². The van der Waals surface area contributed by atoms with Gasteiger partial charge in [-0.2, -0.15) is 0 Å². The van der Waals surface area contributed by atoms with E-state index in [1.807, 2.05) is 0 Å². The van der Waals surface area contributed by atoms with Crippen LogP contribution in [0, 0.1) is 0 Å². The summed E-state index contributed by atoms with van der Waals surface area (Å²) in [6.07, 6.45) is -1.37. The largest absolute Gasteiger partial charge is 0.281 e. The Morgan fingerprint density at radius 3 is 2.62 bits per heavy atom. The van der Waals surface area contributed by atoms with E-state index >= 15 is 0 Å². The molecule has 6 heteroatoms. The summed E-state index contributed by atoms with van der Waals surface area (Å²) in [6, 6.07) is 0. The second-order valence-electron chi connectivity index (χ2n) is 2.22. The summed E-state index contributed by atoms with van der Waals surface area (Å²) >= 11 is 11.9. The van der Waals surface area contributed by atoms with Gasteiger partial charge in [0.15, 0.2) is 0 Å². The average molecular weight is 335 g/mol. The maximum Gasteiger partial charge on any atom is 0.281 e. The summed E-state index contributed by atoms with van der Waals surface area (Å²) in [5.74, 6) is 0. The molecule has 0 aliphatic rings. The van der Waals surface area contributed by atoms with Crippen LogP contribution in [-0.4, -0.2) is 4.98 Å². The fraction of sp³-hybridized carbons (Fsp3) is 0.286. The Morgan fingerprint density at radius 1 is 1.54 bits per heavy atom. The summed E-state index contributed by atoms with van der Waals surface area (Å²) in [6.45, 7) is 0. The molecule has 1 rings (SSSR count). The molecule has 0 saturated heterocycles. The van der Waals surface area contributed by atoms with Crippen LogP contribution in [0.5, 0.6) is 0 Å². The quantitative estimate of drug-likeness (QED) is 0.733. The van der Waals surface area contributed by atoms with Gasteiger partial charge in [0.05, 0.1) is 9.50 Å². The number of hydrogen-bond donors (Lipinski definition) is 0. The molecule has 0 fully saturated rings. The molecule has 0 aromatic carbocycles. The molecule has 0 bridgehead atoms. The van der Waals surface area contributed by atoms with E-state index in [0.29, 0.717) is 15.9 Å². The zero-order valence-electron chi connectivity index (χ0n) is 6.20. The third kappa shape index (κ3) is 2.39. The van der Waals surface area contributed by atoms with Gasteiger partial charge in [0.2, 0.25) is 0 Å². The van der Waals surface area contributed by atoms with Gasteiger partial charge < -0.3 is 0 Å². The maximum absolute atomic E-state index is 12.3. The Hall–Kier alpha value is 0.260. The first-order valence-electron chi connectivity index (χ1n) is 3.24. The lowest BCUT2D eigenvalue weighted by Gasteiger charge is -2.07. The Bertz CT molecular complexity index is 320. The highest BCUT2D eigenvalue weighted by Gasteiger charge is 2.17. The summed E-state index contributed by atoms with van der Waals surface area (Å²) in [7, 11) is 0. The highest BCUT2D eigenvalue weighted by Crippen LogP contribution is 2.33. The molecule has 1 aromatic heterocycles. The smallest absolute Gasteiger partial charge is 0.253 e. The van der Waals surface area contributed by atoms with Crippen molar-refractivity contribution in [2.45, 2.75) is 11.8 Å². The summed E-state index contributed by atoms with van der Waals surface area (Å²) in [4.78, 5) is 3.54. The third-order valence-corrected chi connectivity index (χ3v) is 3.21. The third-order valence-electron chi connectivity index (χ3n) is 1.44. The van der Waals surface area contributed by atoms with Crippen molar-refractivity contribution in [2.75, 3.05) is 0 Å². The molecule has 13 heavy (non-hydrogen) atoms. The topological polar surface area (TPSA) is 12.9 Å². The van der Waals surface area contributed by atoms with Gasteiger partial charge in [0, 0.05) is 11.5 Å². The molecule has 72 valence electrons. The number of pyridine rings is 1. The van der Waals surface area contributed by atoms with Crippen LogP contribution in [-0.2, 0) is 5.33 Å². The number of alkyl halides is 3. The number of halogens is 5. The molecule has 0 saturated carbocycles. The number of hydrogen-bond acceptors (Lipinski definition) is 1. The predicted octanol–water partition coefficient (Wildman–Crippen LogP) is 4.33. The van der Waals surface area contributed by atoms with Gasteiger partial charge in [-0.25, -0.2) is 8.78 Å². The summed E-state index contributed by atoms with van der Waals surface area (Å²) in [5.41, 5.74) is 0.311. The highest BCUT2D eigenvalue weighted by molar-refractivity contribution is 9.10. The van der Waals surface area contributed by atoms with Gasteiger partial charge >= 0.3 is 0 Å². The molecule has 0 amide bonds. The van der Waals surface area contributed by atoms with E-state index in [-0.39, 0.29) is 10.2 Å². The van der Waals surface area contributed by atoms with E-state index < -0.39 is 6.43 Å². The van der Waals surface area contributed by atoms with Crippen molar-refractivity contribution in [3.63, 3.8) is 0 Å². The van der Waals surface area contributed by atoms with Gasteiger partial charge in [0.25, 0.3) is 6.43 Å². The molecule has 0 N–H and O–H groups in total. The van der Waals surface area contributed by atoms with Crippen molar-refractivity contribution >= 4 is 43.5 Å². The lowest BCUT2D eigenvalue weighted by atomic mass is 10.2. The molecule has 0 aliphatic heterocycles. The lowest BCUT2D eigenvalue weighted by Crippen LogP contribution is -1.96. The fourth-order valence-corrected chi connectivity index (χ4v) is 2.87. The monoisotopic (exact) mass is 333 g/mol. The van der Waals surface area contributed by atoms with E-state index in [4.69, 9.17) is 11.6 Å². The molecule has 1 aromatic rings. The standard InChI is InChI=1S/C7H4Br2ClF2N/c8-1-3-4(10)2-13-6(5(3)9)7(11)12/h2,7H,1H2. The molecular weight excluding hydrogens is 331 g/mol. The second-order valence-corrected chi connectivity index (χ2v) is 3.98. The van der Waals surface area contributed by atoms with E-state index in [9.17, 15) is 8.78 Å². The van der Waals surface area contributed by atoms with Crippen molar-refractivity contribution in [3.8, 4) is 0 Å². The van der Waals surface area contributed by atoms with Gasteiger partial charge in [-0.1, -0.05) is 27.5 Å².